The first kappa shape index (κ1) is 16.6. The van der Waals surface area contributed by atoms with E-state index < -0.39 is 17.4 Å². The Morgan fingerprint density at radius 1 is 1.09 bits per heavy atom. The SMILES string of the molecule is O=C(Nc1ccccc1)Oc1c(Cl)cc(NS(=O)[O-])cc1Cl. The first-order valence-electron chi connectivity index (χ1n) is 5.84. The Hall–Kier alpha value is -1.80. The lowest BCUT2D eigenvalue weighted by Crippen LogP contribution is -2.17. The van der Waals surface area contributed by atoms with Gasteiger partial charge in [0.1, 0.15) is 0 Å². The third kappa shape index (κ3) is 4.60. The normalized spacial score (nSPS) is 11.6. The fraction of sp³-hybridized carbons (Fsp3) is 0. The summed E-state index contributed by atoms with van der Waals surface area (Å²) in [5.74, 6) is -0.0704. The number of hydrogen-bond acceptors (Lipinski definition) is 4. The summed E-state index contributed by atoms with van der Waals surface area (Å²) < 4.78 is 28.3. The van der Waals surface area contributed by atoms with Crippen LogP contribution in [0.4, 0.5) is 16.2 Å². The number of carbonyl (C=O) groups is 1. The van der Waals surface area contributed by atoms with Gasteiger partial charge in [-0.05, 0) is 24.3 Å². The van der Waals surface area contributed by atoms with Gasteiger partial charge in [-0.25, -0.2) is 4.79 Å². The molecule has 0 saturated heterocycles. The smallest absolute Gasteiger partial charge is 0.417 e. The Labute approximate surface area is 138 Å². The number of anilines is 2. The predicted octanol–water partition coefficient (Wildman–Crippen LogP) is 3.81. The molecule has 2 N–H and O–H groups in total. The zero-order chi connectivity index (χ0) is 16.1. The van der Waals surface area contributed by atoms with Crippen LogP contribution in [0.3, 0.4) is 0 Å². The minimum Gasteiger partial charge on any atom is -0.755 e. The molecule has 0 fully saturated rings. The summed E-state index contributed by atoms with van der Waals surface area (Å²) in [7, 11) is 0. The van der Waals surface area contributed by atoms with Crippen LogP contribution >= 0.6 is 23.2 Å². The molecule has 1 atom stereocenters. The highest BCUT2D eigenvalue weighted by atomic mass is 35.5. The van der Waals surface area contributed by atoms with Crippen LogP contribution in [0, 0.1) is 0 Å². The van der Waals surface area contributed by atoms with Crippen molar-refractivity contribution >= 4 is 51.9 Å². The van der Waals surface area contributed by atoms with Gasteiger partial charge in [0.2, 0.25) is 0 Å². The van der Waals surface area contributed by atoms with E-state index in [0.29, 0.717) is 5.69 Å². The third-order valence-electron chi connectivity index (χ3n) is 2.41. The van der Waals surface area contributed by atoms with Crippen LogP contribution in [0.15, 0.2) is 42.5 Å². The number of ether oxygens (including phenoxy) is 1. The molecule has 0 aliphatic rings. The minimum atomic E-state index is -2.51. The van der Waals surface area contributed by atoms with Crippen molar-refractivity contribution < 1.29 is 18.3 Å². The summed E-state index contributed by atoms with van der Waals surface area (Å²) in [6.45, 7) is 0. The van der Waals surface area contributed by atoms with Gasteiger partial charge in [0, 0.05) is 22.6 Å². The van der Waals surface area contributed by atoms with Crippen LogP contribution in [-0.2, 0) is 11.3 Å². The molecule has 0 heterocycles. The molecule has 116 valence electrons. The van der Waals surface area contributed by atoms with Crippen LogP contribution in [0.1, 0.15) is 0 Å². The molecule has 1 unspecified atom stereocenters. The van der Waals surface area contributed by atoms with E-state index in [9.17, 15) is 13.6 Å². The number of para-hydroxylation sites is 1. The van der Waals surface area contributed by atoms with Crippen LogP contribution in [0.25, 0.3) is 0 Å². The number of halogens is 2. The average molecular weight is 360 g/mol. The number of nitrogens with one attached hydrogen (secondary N) is 2. The first-order chi connectivity index (χ1) is 10.5. The molecule has 9 heteroatoms. The number of benzene rings is 2. The fourth-order valence-corrected chi connectivity index (χ4v) is 2.44. The van der Waals surface area contributed by atoms with Crippen molar-refractivity contribution in [3.05, 3.63) is 52.5 Å². The van der Waals surface area contributed by atoms with Gasteiger partial charge in [-0.3, -0.25) is 9.53 Å². The van der Waals surface area contributed by atoms with Crippen molar-refractivity contribution in [2.75, 3.05) is 10.0 Å². The quantitative estimate of drug-likeness (QED) is 0.812. The van der Waals surface area contributed by atoms with E-state index in [2.05, 4.69) is 10.0 Å². The standard InChI is InChI=1S/C13H10Cl2N2O4S/c14-10-6-9(17-22(19)20)7-11(15)12(10)21-13(18)16-8-4-2-1-3-5-8/h1-7,17H,(H,16,18)(H,19,20)/p-1. The van der Waals surface area contributed by atoms with Gasteiger partial charge in [-0.2, -0.15) is 0 Å². The summed E-state index contributed by atoms with van der Waals surface area (Å²) in [4.78, 5) is 11.8. The Morgan fingerprint density at radius 2 is 1.68 bits per heavy atom. The van der Waals surface area contributed by atoms with Crippen molar-refractivity contribution in [3.63, 3.8) is 0 Å². The molecule has 22 heavy (non-hydrogen) atoms. The highest BCUT2D eigenvalue weighted by molar-refractivity contribution is 7.80. The predicted molar refractivity (Wildman–Crippen MR) is 85.1 cm³/mol. The number of hydrogen-bond donors (Lipinski definition) is 2. The Kier molecular flexibility index (Phi) is 5.62. The maximum Gasteiger partial charge on any atom is 0.417 e. The third-order valence-corrected chi connectivity index (χ3v) is 3.38. The molecular formula is C13H9Cl2N2O4S-. The van der Waals surface area contributed by atoms with Crippen molar-refractivity contribution in [1.29, 1.82) is 0 Å². The molecule has 2 aromatic rings. The lowest BCUT2D eigenvalue weighted by atomic mass is 10.3. The molecule has 0 aromatic heterocycles. The zero-order valence-corrected chi connectivity index (χ0v) is 13.2. The van der Waals surface area contributed by atoms with E-state index in [1.54, 1.807) is 30.3 Å². The van der Waals surface area contributed by atoms with Gasteiger partial charge < -0.3 is 14.0 Å². The molecule has 0 bridgehead atoms. The lowest BCUT2D eigenvalue weighted by molar-refractivity contribution is 0.215. The maximum atomic E-state index is 11.8. The van der Waals surface area contributed by atoms with Gasteiger partial charge in [-0.15, -0.1) is 0 Å². The Balaban J connectivity index is 2.12. The number of carbonyl (C=O) groups excluding carboxylic acids is 1. The molecule has 2 rings (SSSR count). The maximum absolute atomic E-state index is 11.8. The topological polar surface area (TPSA) is 90.5 Å². The van der Waals surface area contributed by atoms with Gasteiger partial charge in [-0.1, -0.05) is 41.4 Å². The van der Waals surface area contributed by atoms with Crippen LogP contribution in [0.5, 0.6) is 5.75 Å². The lowest BCUT2D eigenvalue weighted by Gasteiger charge is -2.13. The highest BCUT2D eigenvalue weighted by Gasteiger charge is 2.14. The van der Waals surface area contributed by atoms with E-state index in [1.807, 2.05) is 0 Å². The summed E-state index contributed by atoms with van der Waals surface area (Å²) in [6.07, 6.45) is -0.775. The Morgan fingerprint density at radius 3 is 2.23 bits per heavy atom. The molecule has 1 amide bonds. The summed E-state index contributed by atoms with van der Waals surface area (Å²) in [5, 5.41) is 2.48. The van der Waals surface area contributed by atoms with Crippen LogP contribution < -0.4 is 14.8 Å². The van der Waals surface area contributed by atoms with E-state index in [-0.39, 0.29) is 21.5 Å². The molecular weight excluding hydrogens is 351 g/mol. The second-order valence-electron chi connectivity index (χ2n) is 3.99. The van der Waals surface area contributed by atoms with E-state index >= 15 is 0 Å². The van der Waals surface area contributed by atoms with Gasteiger partial charge >= 0.3 is 6.09 Å². The second kappa shape index (κ2) is 7.46. The number of rotatable bonds is 4. The molecule has 2 aromatic carbocycles. The van der Waals surface area contributed by atoms with Gasteiger partial charge in [0.05, 0.1) is 10.0 Å². The minimum absolute atomic E-state index is 0.0105. The molecule has 0 aliphatic carbocycles. The molecule has 0 saturated carbocycles. The second-order valence-corrected chi connectivity index (χ2v) is 5.47. The van der Waals surface area contributed by atoms with E-state index in [4.69, 9.17) is 27.9 Å². The van der Waals surface area contributed by atoms with Crippen molar-refractivity contribution in [2.24, 2.45) is 0 Å². The molecule has 0 spiro atoms. The fourth-order valence-electron chi connectivity index (χ4n) is 1.57. The van der Waals surface area contributed by atoms with Gasteiger partial charge in [0.15, 0.2) is 5.75 Å². The van der Waals surface area contributed by atoms with Crippen molar-refractivity contribution in [3.8, 4) is 5.75 Å². The summed E-state index contributed by atoms with van der Waals surface area (Å²) in [6, 6.07) is 11.2. The molecule has 6 nitrogen and oxygen atoms in total. The summed E-state index contributed by atoms with van der Waals surface area (Å²) >= 11 is 9.36. The Bertz CT molecular complexity index is 689. The first-order valence-corrected chi connectivity index (χ1v) is 7.67. The van der Waals surface area contributed by atoms with Crippen molar-refractivity contribution in [2.45, 2.75) is 0 Å². The monoisotopic (exact) mass is 359 g/mol. The van der Waals surface area contributed by atoms with Crippen LogP contribution in [0.2, 0.25) is 10.0 Å². The van der Waals surface area contributed by atoms with E-state index in [0.717, 1.165) is 0 Å². The average Bonchev–Trinajstić information content (AvgIpc) is 2.43. The highest BCUT2D eigenvalue weighted by Crippen LogP contribution is 2.36. The largest absolute Gasteiger partial charge is 0.755 e. The van der Waals surface area contributed by atoms with Crippen molar-refractivity contribution in [1.82, 2.24) is 0 Å². The zero-order valence-electron chi connectivity index (χ0n) is 10.8. The molecule has 0 radical (unpaired) electrons. The van der Waals surface area contributed by atoms with Gasteiger partial charge in [0.25, 0.3) is 0 Å². The van der Waals surface area contributed by atoms with Crippen LogP contribution in [-0.4, -0.2) is 14.9 Å². The number of amides is 1. The van der Waals surface area contributed by atoms with E-state index in [1.165, 1.54) is 12.1 Å². The summed E-state index contributed by atoms with van der Waals surface area (Å²) in [5.41, 5.74) is 0.693. The molecule has 0 aliphatic heterocycles.